The topological polar surface area (TPSA) is 110 Å². The van der Waals surface area contributed by atoms with Gasteiger partial charge in [-0.05, 0) is 31.9 Å². The second-order valence-corrected chi connectivity index (χ2v) is 7.74. The van der Waals surface area contributed by atoms with Crippen LogP contribution in [0.25, 0.3) is 0 Å². The summed E-state index contributed by atoms with van der Waals surface area (Å²) in [6.07, 6.45) is 6.52. The molecule has 0 bridgehead atoms. The minimum Gasteiger partial charge on any atom is -0.350 e. The zero-order valence-corrected chi connectivity index (χ0v) is 17.2. The van der Waals surface area contributed by atoms with Crippen molar-refractivity contribution in [3.8, 4) is 0 Å². The lowest BCUT2D eigenvalue weighted by atomic mass is 9.89. The summed E-state index contributed by atoms with van der Waals surface area (Å²) >= 11 is 0. The van der Waals surface area contributed by atoms with Gasteiger partial charge in [0.1, 0.15) is 5.54 Å². The number of carbonyl (C=O) groups is 2. The summed E-state index contributed by atoms with van der Waals surface area (Å²) < 4.78 is 5.39. The Morgan fingerprint density at radius 2 is 1.90 bits per heavy atom. The molecular formula is C21H29N5O3. The molecule has 2 aromatic heterocycles. The molecule has 1 aliphatic carbocycles. The number of pyridine rings is 1. The van der Waals surface area contributed by atoms with Gasteiger partial charge < -0.3 is 15.2 Å². The van der Waals surface area contributed by atoms with Crippen molar-refractivity contribution in [1.29, 1.82) is 0 Å². The van der Waals surface area contributed by atoms with Crippen LogP contribution in [-0.4, -0.2) is 26.9 Å². The van der Waals surface area contributed by atoms with Crippen molar-refractivity contribution in [2.75, 3.05) is 0 Å². The lowest BCUT2D eigenvalue weighted by Gasteiger charge is -2.30. The molecule has 1 fully saturated rings. The number of nitrogens with one attached hydrogen (secondary N) is 2. The fraction of sp³-hybridized carbons (Fsp3) is 0.571. The third kappa shape index (κ3) is 5.85. The minimum absolute atomic E-state index is 0.0950. The highest BCUT2D eigenvalue weighted by Gasteiger charge is 2.38. The highest BCUT2D eigenvalue weighted by Crippen LogP contribution is 2.34. The average molecular weight is 399 g/mol. The summed E-state index contributed by atoms with van der Waals surface area (Å²) in [5.74, 6) is 0.744. The van der Waals surface area contributed by atoms with Crippen molar-refractivity contribution in [2.45, 2.75) is 77.3 Å². The first kappa shape index (κ1) is 21.0. The van der Waals surface area contributed by atoms with E-state index < -0.39 is 5.54 Å². The van der Waals surface area contributed by atoms with Crippen LogP contribution < -0.4 is 10.6 Å². The average Bonchev–Trinajstić information content (AvgIpc) is 3.05. The maximum absolute atomic E-state index is 12.2. The van der Waals surface area contributed by atoms with E-state index in [2.05, 4.69) is 25.8 Å². The summed E-state index contributed by atoms with van der Waals surface area (Å²) in [4.78, 5) is 32.8. The monoisotopic (exact) mass is 399 g/mol. The SMILES string of the molecule is CC(=O)NC1(c2noc(CCC(=O)NCc3cccc(C)n3)n2)CCCCCC1. The van der Waals surface area contributed by atoms with E-state index in [0.717, 1.165) is 49.9 Å². The summed E-state index contributed by atoms with van der Waals surface area (Å²) in [7, 11) is 0. The van der Waals surface area contributed by atoms with Crippen LogP contribution in [0, 0.1) is 6.92 Å². The van der Waals surface area contributed by atoms with Crippen LogP contribution in [0.1, 0.15) is 75.0 Å². The molecule has 0 atom stereocenters. The fourth-order valence-corrected chi connectivity index (χ4v) is 3.82. The van der Waals surface area contributed by atoms with Gasteiger partial charge in [0.15, 0.2) is 5.82 Å². The molecule has 2 heterocycles. The first-order chi connectivity index (χ1) is 14.0. The van der Waals surface area contributed by atoms with Crippen molar-refractivity contribution < 1.29 is 14.1 Å². The van der Waals surface area contributed by atoms with Gasteiger partial charge in [0.2, 0.25) is 17.7 Å². The maximum Gasteiger partial charge on any atom is 0.227 e. The van der Waals surface area contributed by atoms with Gasteiger partial charge in [0.25, 0.3) is 0 Å². The normalized spacial score (nSPS) is 16.1. The lowest BCUT2D eigenvalue weighted by molar-refractivity contribution is -0.122. The number of aromatic nitrogens is 3. The van der Waals surface area contributed by atoms with Crippen LogP contribution in [0.2, 0.25) is 0 Å². The van der Waals surface area contributed by atoms with Crippen LogP contribution in [-0.2, 0) is 28.1 Å². The number of nitrogens with zero attached hydrogens (tertiary/aromatic N) is 3. The molecule has 8 nitrogen and oxygen atoms in total. The Morgan fingerprint density at radius 3 is 2.59 bits per heavy atom. The van der Waals surface area contributed by atoms with Gasteiger partial charge in [0, 0.05) is 25.5 Å². The van der Waals surface area contributed by atoms with E-state index in [-0.39, 0.29) is 18.2 Å². The molecule has 2 amide bonds. The number of carbonyl (C=O) groups excluding carboxylic acids is 2. The highest BCUT2D eigenvalue weighted by atomic mass is 16.5. The van der Waals surface area contributed by atoms with Crippen LogP contribution in [0.4, 0.5) is 0 Å². The van der Waals surface area contributed by atoms with Gasteiger partial charge >= 0.3 is 0 Å². The third-order valence-corrected chi connectivity index (χ3v) is 5.25. The second-order valence-electron chi connectivity index (χ2n) is 7.74. The maximum atomic E-state index is 12.2. The third-order valence-electron chi connectivity index (χ3n) is 5.25. The molecule has 0 spiro atoms. The van der Waals surface area contributed by atoms with E-state index >= 15 is 0 Å². The number of amides is 2. The Morgan fingerprint density at radius 1 is 1.14 bits per heavy atom. The Bertz CT molecular complexity index is 840. The number of aryl methyl sites for hydroxylation is 2. The van der Waals surface area contributed by atoms with E-state index in [9.17, 15) is 9.59 Å². The van der Waals surface area contributed by atoms with Crippen LogP contribution >= 0.6 is 0 Å². The molecule has 0 unspecified atom stereocenters. The molecule has 156 valence electrons. The van der Waals surface area contributed by atoms with Gasteiger partial charge in [-0.2, -0.15) is 4.98 Å². The van der Waals surface area contributed by atoms with Gasteiger partial charge in [-0.3, -0.25) is 14.6 Å². The van der Waals surface area contributed by atoms with Crippen molar-refractivity contribution in [3.63, 3.8) is 0 Å². The standard InChI is InChI=1S/C21H29N5O3/c1-15-8-7-9-17(23-15)14-22-18(28)10-11-19-24-20(26-29-19)21(25-16(2)27)12-5-3-4-6-13-21/h7-9H,3-6,10-14H2,1-2H3,(H,22,28)(H,25,27). The Kier molecular flexibility index (Phi) is 6.95. The molecule has 0 aliphatic heterocycles. The molecule has 1 aliphatic rings. The molecule has 8 heteroatoms. The Hall–Kier alpha value is -2.77. The van der Waals surface area contributed by atoms with E-state index in [0.29, 0.717) is 24.7 Å². The first-order valence-corrected chi connectivity index (χ1v) is 10.3. The molecule has 29 heavy (non-hydrogen) atoms. The summed E-state index contributed by atoms with van der Waals surface area (Å²) in [5.41, 5.74) is 1.18. The van der Waals surface area contributed by atoms with Crippen LogP contribution in [0.5, 0.6) is 0 Å². The largest absolute Gasteiger partial charge is 0.350 e. The van der Waals surface area contributed by atoms with E-state index in [1.165, 1.54) is 6.92 Å². The number of hydrogen-bond acceptors (Lipinski definition) is 6. The zero-order valence-electron chi connectivity index (χ0n) is 17.2. The molecule has 2 aromatic rings. The van der Waals surface area contributed by atoms with Gasteiger partial charge in [-0.25, -0.2) is 0 Å². The van der Waals surface area contributed by atoms with Crippen LogP contribution in [0.15, 0.2) is 22.7 Å². The summed E-state index contributed by atoms with van der Waals surface area (Å²) in [6.45, 7) is 3.82. The minimum atomic E-state index is -0.566. The molecule has 0 aromatic carbocycles. The Balaban J connectivity index is 1.57. The van der Waals surface area contributed by atoms with Crippen molar-refractivity contribution in [3.05, 3.63) is 41.3 Å². The van der Waals surface area contributed by atoms with Gasteiger partial charge in [0.05, 0.1) is 12.2 Å². The second kappa shape index (κ2) is 9.62. The van der Waals surface area contributed by atoms with Gasteiger partial charge in [-0.1, -0.05) is 36.9 Å². The van der Waals surface area contributed by atoms with Crippen molar-refractivity contribution in [1.82, 2.24) is 25.8 Å². The van der Waals surface area contributed by atoms with Crippen molar-refractivity contribution >= 4 is 11.8 Å². The first-order valence-electron chi connectivity index (χ1n) is 10.3. The van der Waals surface area contributed by atoms with Crippen molar-refractivity contribution in [2.24, 2.45) is 0 Å². The molecule has 1 saturated carbocycles. The van der Waals surface area contributed by atoms with Gasteiger partial charge in [-0.15, -0.1) is 0 Å². The predicted molar refractivity (Wildman–Crippen MR) is 107 cm³/mol. The molecule has 2 N–H and O–H groups in total. The number of hydrogen-bond donors (Lipinski definition) is 2. The lowest BCUT2D eigenvalue weighted by Crippen LogP contribution is -2.45. The quantitative estimate of drug-likeness (QED) is 0.693. The summed E-state index contributed by atoms with van der Waals surface area (Å²) in [6, 6.07) is 5.72. The Labute approximate surface area is 170 Å². The molecule has 3 rings (SSSR count). The van der Waals surface area contributed by atoms with E-state index in [4.69, 9.17) is 4.52 Å². The smallest absolute Gasteiger partial charge is 0.227 e. The zero-order chi connectivity index (χ0) is 20.7. The number of rotatable bonds is 7. The van der Waals surface area contributed by atoms with Crippen LogP contribution in [0.3, 0.4) is 0 Å². The summed E-state index contributed by atoms with van der Waals surface area (Å²) in [5, 5.41) is 10.1. The molecule has 0 saturated heterocycles. The molecule has 0 radical (unpaired) electrons. The van der Waals surface area contributed by atoms with E-state index in [1.54, 1.807) is 0 Å². The predicted octanol–water partition coefficient (Wildman–Crippen LogP) is 2.71. The van der Waals surface area contributed by atoms with E-state index in [1.807, 2.05) is 25.1 Å². The highest BCUT2D eigenvalue weighted by molar-refractivity contribution is 5.76. The molecular weight excluding hydrogens is 370 g/mol. The fourth-order valence-electron chi connectivity index (χ4n) is 3.82.